The number of aliphatic hydroxyl groups excluding tert-OH is 16. The summed E-state index contributed by atoms with van der Waals surface area (Å²) in [6.07, 6.45) is -48.7. The van der Waals surface area contributed by atoms with E-state index in [1.807, 2.05) is 0 Å². The number of nitrogens with one attached hydrogen (secondary N) is 3. The summed E-state index contributed by atoms with van der Waals surface area (Å²) in [6.45, 7) is -0.0962. The molecule has 6 saturated heterocycles. The van der Waals surface area contributed by atoms with Crippen molar-refractivity contribution in [3.8, 4) is 0 Å². The number of rotatable bonds is 18. The first kappa shape index (κ1) is 61.5. The molecule has 0 aromatic rings. The van der Waals surface area contributed by atoms with Gasteiger partial charge in [0.2, 0.25) is 17.7 Å². The Bertz CT molecular complexity index is 1850. The second-order valence-corrected chi connectivity index (χ2v) is 19.0. The maximum Gasteiger partial charge on any atom is 0.217 e. The van der Waals surface area contributed by atoms with Gasteiger partial charge in [0.1, 0.15) is 140 Å². The number of aliphatic hydroxyl groups is 16. The van der Waals surface area contributed by atoms with Crippen molar-refractivity contribution in [1.29, 1.82) is 0 Å². The van der Waals surface area contributed by atoms with E-state index in [2.05, 4.69) is 16.0 Å². The van der Waals surface area contributed by atoms with Crippen molar-refractivity contribution in [2.45, 2.75) is 212 Å². The molecule has 1 unspecified atom stereocenters. The molecule has 0 aliphatic carbocycles. The predicted molar refractivity (Wildman–Crippen MR) is 233 cm³/mol. The van der Waals surface area contributed by atoms with Crippen LogP contribution in [0.2, 0.25) is 0 Å². The van der Waals surface area contributed by atoms with Gasteiger partial charge in [0, 0.05) is 20.8 Å². The first-order valence-corrected chi connectivity index (χ1v) is 23.9. The van der Waals surface area contributed by atoms with Crippen LogP contribution in [0, 0.1) is 0 Å². The zero-order valence-corrected chi connectivity index (χ0v) is 40.7. The van der Waals surface area contributed by atoms with Crippen molar-refractivity contribution in [1.82, 2.24) is 16.0 Å². The molecule has 0 aromatic carbocycles. The molecule has 6 heterocycles. The lowest BCUT2D eigenvalue weighted by Gasteiger charge is -2.51. The third-order valence-corrected chi connectivity index (χ3v) is 13.6. The zero-order valence-electron chi connectivity index (χ0n) is 40.7. The minimum Gasteiger partial charge on any atom is -0.394 e. The van der Waals surface area contributed by atoms with Crippen molar-refractivity contribution >= 4 is 17.7 Å². The van der Waals surface area contributed by atoms with Crippen LogP contribution in [0.4, 0.5) is 0 Å². The van der Waals surface area contributed by atoms with Gasteiger partial charge in [-0.25, -0.2) is 0 Å². The van der Waals surface area contributed by atoms with Crippen LogP contribution in [0.3, 0.4) is 0 Å². The van der Waals surface area contributed by atoms with Crippen LogP contribution in [0.25, 0.3) is 0 Å². The molecule has 19 N–H and O–H groups in total. The molecule has 0 aromatic heterocycles. The summed E-state index contributed by atoms with van der Waals surface area (Å²) in [4.78, 5) is 37.0. The van der Waals surface area contributed by atoms with Gasteiger partial charge >= 0.3 is 0 Å². The Kier molecular flexibility index (Phi) is 21.8. The van der Waals surface area contributed by atoms with Crippen LogP contribution >= 0.6 is 0 Å². The Hall–Kier alpha value is -2.67. The lowest BCUT2D eigenvalue weighted by molar-refractivity contribution is -0.377. The summed E-state index contributed by atoms with van der Waals surface area (Å²) in [7, 11) is 0. The molecule has 0 bridgehead atoms. The second kappa shape index (κ2) is 26.5. The van der Waals surface area contributed by atoms with Gasteiger partial charge in [-0.05, 0) is 6.92 Å². The fourth-order valence-corrected chi connectivity index (χ4v) is 9.57. The van der Waals surface area contributed by atoms with E-state index in [0.29, 0.717) is 0 Å². The van der Waals surface area contributed by atoms with Crippen LogP contribution in [0.1, 0.15) is 27.7 Å². The molecule has 6 aliphatic rings. The Morgan fingerprint density at radius 1 is 0.373 bits per heavy atom. The van der Waals surface area contributed by atoms with Crippen molar-refractivity contribution in [2.24, 2.45) is 0 Å². The summed E-state index contributed by atoms with van der Waals surface area (Å²) in [5.41, 5.74) is 0. The van der Waals surface area contributed by atoms with E-state index in [9.17, 15) is 96.1 Å². The standard InChI is InChI=1S/C42H71N3O30/c1-10-22(53)27(58)30(61)41(66-10)75-36-21(45-13(4)52)37(64)67-17(8-49)35(36)74-39-20(44-12(3)51)26(57)33(15(6-47)69-39)73-42-31(62)28(59)24(55)18(71-42)9-65-40-32(63)29(60)34(16(7-48)70-40)72-38-19(43-11(2)50)25(56)23(54)14(5-46)68-38/h10,14-42,46-49,53-64H,5-9H2,1-4H3,(H,43,50)(H,44,51)(H,45,52)/t10-,14+,15+,16+,17+,18+,19+,20+,21+,22+,23+,24+,25+,26+,27+,28-,29+,30-,31-,32-,33+,34+,35+,36+,37?,38-,39-,40-,41-,42-/m0/s1. The maximum absolute atomic E-state index is 12.7. The van der Waals surface area contributed by atoms with Gasteiger partial charge in [0.15, 0.2) is 37.7 Å². The number of carbonyl (C=O) groups excluding carboxylic acids is 3. The SMILES string of the molecule is CC(=O)N[C@H]1[C@H](O[C@H]2[C@H](O[C@@H]3O[C@@H](C)[C@@H](O)[C@@H](O)[C@@H]3O)[C@@H](NC(C)=O)C(O)O[C@@H]2CO)O[C@H](CO)[C@@H](O[C@@H]2O[C@H](CO[C@H]3O[C@H](CO)[C@@H](O[C@@H]4O[C@H](CO)[C@@H](O)[C@H](O)[C@H]4NC(C)=O)[C@H](O)[C@@H]3O)[C@@H](O)[C@H](O)[C@@H]2O)[C@@H]1O. The predicted octanol–water partition coefficient (Wildman–Crippen LogP) is -12.6. The molecular formula is C42H71N3O30. The van der Waals surface area contributed by atoms with Gasteiger partial charge in [0.05, 0.1) is 39.1 Å². The molecule has 30 atom stereocenters. The largest absolute Gasteiger partial charge is 0.394 e. The smallest absolute Gasteiger partial charge is 0.217 e. The van der Waals surface area contributed by atoms with Gasteiger partial charge in [-0.3, -0.25) is 14.4 Å². The summed E-state index contributed by atoms with van der Waals surface area (Å²) in [6, 6.07) is -4.85. The van der Waals surface area contributed by atoms with Gasteiger partial charge in [-0.15, -0.1) is 0 Å². The molecule has 0 spiro atoms. The lowest BCUT2D eigenvalue weighted by Crippen LogP contribution is -2.71. The highest BCUT2D eigenvalue weighted by molar-refractivity contribution is 5.74. The summed E-state index contributed by atoms with van der Waals surface area (Å²) in [5, 5.41) is 179. The quantitative estimate of drug-likeness (QED) is 0.0606. The zero-order chi connectivity index (χ0) is 55.5. The summed E-state index contributed by atoms with van der Waals surface area (Å²) < 4.78 is 63.5. The molecule has 0 radical (unpaired) electrons. The van der Waals surface area contributed by atoms with E-state index >= 15 is 0 Å². The van der Waals surface area contributed by atoms with Crippen LogP contribution in [0.15, 0.2) is 0 Å². The van der Waals surface area contributed by atoms with E-state index in [0.717, 1.165) is 20.8 Å². The van der Waals surface area contributed by atoms with E-state index in [4.69, 9.17) is 52.1 Å². The number of hydrogen-bond acceptors (Lipinski definition) is 30. The summed E-state index contributed by atoms with van der Waals surface area (Å²) in [5.74, 6) is -2.29. The van der Waals surface area contributed by atoms with E-state index in [1.165, 1.54) is 6.92 Å². The Balaban J connectivity index is 1.17. The minimum absolute atomic E-state index is 0.706. The van der Waals surface area contributed by atoms with Gasteiger partial charge in [0.25, 0.3) is 0 Å². The third kappa shape index (κ3) is 13.7. The van der Waals surface area contributed by atoms with Crippen molar-refractivity contribution < 1.29 is 148 Å². The highest BCUT2D eigenvalue weighted by atomic mass is 16.8. The fourth-order valence-electron chi connectivity index (χ4n) is 9.57. The number of ether oxygens (including phenoxy) is 11. The van der Waals surface area contributed by atoms with E-state index in [1.54, 1.807) is 0 Å². The minimum atomic E-state index is -2.14. The van der Waals surface area contributed by atoms with Crippen LogP contribution in [-0.2, 0) is 66.5 Å². The number of hydrogen-bond donors (Lipinski definition) is 19. The average molecular weight is 1100 g/mol. The van der Waals surface area contributed by atoms with Gasteiger partial charge < -0.3 is 150 Å². The average Bonchev–Trinajstić information content (AvgIpc) is 3.36. The van der Waals surface area contributed by atoms with Crippen LogP contribution in [0.5, 0.6) is 0 Å². The van der Waals surface area contributed by atoms with Crippen molar-refractivity contribution in [3.05, 3.63) is 0 Å². The Labute approximate surface area is 426 Å². The first-order valence-electron chi connectivity index (χ1n) is 23.9. The Morgan fingerprint density at radius 3 is 1.31 bits per heavy atom. The molecule has 6 aliphatic heterocycles. The highest BCUT2D eigenvalue weighted by Gasteiger charge is 2.57. The van der Waals surface area contributed by atoms with Gasteiger partial charge in [-0.2, -0.15) is 0 Å². The van der Waals surface area contributed by atoms with Crippen LogP contribution < -0.4 is 16.0 Å². The molecule has 33 nitrogen and oxygen atoms in total. The molecular weight excluding hydrogens is 1030 g/mol. The normalized spacial score (nSPS) is 48.6. The first-order chi connectivity index (χ1) is 35.4. The molecule has 434 valence electrons. The van der Waals surface area contributed by atoms with E-state index in [-0.39, 0.29) is 0 Å². The molecule has 33 heteroatoms. The number of amides is 3. The number of carbonyl (C=O) groups is 3. The lowest BCUT2D eigenvalue weighted by atomic mass is 9.93. The molecule has 6 rings (SSSR count). The second-order valence-electron chi connectivity index (χ2n) is 19.0. The Morgan fingerprint density at radius 2 is 0.760 bits per heavy atom. The monoisotopic (exact) mass is 1100 g/mol. The topological polar surface area (TPSA) is 513 Å². The molecule has 3 amide bonds. The maximum atomic E-state index is 12.7. The highest BCUT2D eigenvalue weighted by Crippen LogP contribution is 2.36. The summed E-state index contributed by atoms with van der Waals surface area (Å²) >= 11 is 0. The molecule has 0 saturated carbocycles. The van der Waals surface area contributed by atoms with Crippen LogP contribution in [-0.4, -0.2) is 317 Å². The van der Waals surface area contributed by atoms with Gasteiger partial charge in [-0.1, -0.05) is 0 Å². The molecule has 75 heavy (non-hydrogen) atoms. The van der Waals surface area contributed by atoms with Crippen molar-refractivity contribution in [2.75, 3.05) is 33.0 Å². The van der Waals surface area contributed by atoms with E-state index < -0.39 is 235 Å². The third-order valence-electron chi connectivity index (χ3n) is 13.6. The van der Waals surface area contributed by atoms with Crippen molar-refractivity contribution in [3.63, 3.8) is 0 Å². The molecule has 6 fully saturated rings. The fraction of sp³-hybridized carbons (Fsp3) is 0.929.